The molecule has 172 valence electrons. The van der Waals surface area contributed by atoms with E-state index in [9.17, 15) is 18.0 Å². The van der Waals surface area contributed by atoms with Crippen LogP contribution in [-0.2, 0) is 26.0 Å². The maximum Gasteiger partial charge on any atom is 0.246 e. The van der Waals surface area contributed by atoms with Crippen LogP contribution in [0, 0.1) is 0 Å². The number of sulfonamides is 1. The summed E-state index contributed by atoms with van der Waals surface area (Å²) in [6.07, 6.45) is 1.86. The van der Waals surface area contributed by atoms with Crippen molar-refractivity contribution in [1.82, 2.24) is 9.62 Å². The molecule has 0 saturated carbocycles. The Kier molecular flexibility index (Phi) is 6.76. The van der Waals surface area contributed by atoms with Gasteiger partial charge < -0.3 is 10.6 Å². The molecule has 4 rings (SSSR count). The minimum Gasteiger partial charge on any atom is -0.344 e. The second kappa shape index (κ2) is 9.72. The summed E-state index contributed by atoms with van der Waals surface area (Å²) in [5.74, 6) is -0.684. The van der Waals surface area contributed by atoms with E-state index >= 15 is 0 Å². The molecular formula is C25H27N3O4S. The number of nitrogens with zero attached hydrogens (tertiary/aromatic N) is 1. The highest BCUT2D eigenvalue weighted by atomic mass is 32.2. The summed E-state index contributed by atoms with van der Waals surface area (Å²) in [6, 6.07) is 19.1. The highest BCUT2D eigenvalue weighted by Gasteiger charge is 2.27. The van der Waals surface area contributed by atoms with Gasteiger partial charge in [0.05, 0.1) is 11.3 Å². The van der Waals surface area contributed by atoms with Crippen molar-refractivity contribution in [3.63, 3.8) is 0 Å². The number of carbonyl (C=O) groups excluding carboxylic acids is 2. The summed E-state index contributed by atoms with van der Waals surface area (Å²) < 4.78 is 27.0. The molecule has 0 unspecified atom stereocenters. The van der Waals surface area contributed by atoms with Gasteiger partial charge in [0.1, 0.15) is 6.04 Å². The van der Waals surface area contributed by atoms with Gasteiger partial charge in [0.15, 0.2) is 0 Å². The lowest BCUT2D eigenvalue weighted by Crippen LogP contribution is -2.42. The summed E-state index contributed by atoms with van der Waals surface area (Å²) in [5.41, 5.74) is 1.26. The van der Waals surface area contributed by atoms with Gasteiger partial charge in [-0.15, -0.1) is 0 Å². The first kappa shape index (κ1) is 22.9. The van der Waals surface area contributed by atoms with E-state index in [1.54, 1.807) is 19.1 Å². The van der Waals surface area contributed by atoms with Crippen LogP contribution >= 0.6 is 0 Å². The largest absolute Gasteiger partial charge is 0.344 e. The van der Waals surface area contributed by atoms with E-state index in [-0.39, 0.29) is 17.2 Å². The number of benzene rings is 3. The summed E-state index contributed by atoms with van der Waals surface area (Å²) in [4.78, 5) is 25.4. The number of rotatable bonds is 7. The maximum absolute atomic E-state index is 12.8. The first-order chi connectivity index (χ1) is 15.8. The highest BCUT2D eigenvalue weighted by molar-refractivity contribution is 7.89. The predicted octanol–water partition coefficient (Wildman–Crippen LogP) is 3.31. The number of anilines is 1. The zero-order valence-corrected chi connectivity index (χ0v) is 19.3. The SMILES string of the molecule is C[C@@H](NC(=O)Cc1cccc2ccccc12)C(=O)Nc1cccc(S(=O)(=O)N2CCCC2)c1. The summed E-state index contributed by atoms with van der Waals surface area (Å²) in [6.45, 7) is 2.62. The molecular weight excluding hydrogens is 438 g/mol. The Hall–Kier alpha value is -3.23. The van der Waals surface area contributed by atoms with Gasteiger partial charge in [-0.3, -0.25) is 9.59 Å². The number of carbonyl (C=O) groups is 2. The van der Waals surface area contributed by atoms with Crippen molar-refractivity contribution in [2.45, 2.75) is 37.1 Å². The molecule has 0 radical (unpaired) electrons. The molecule has 1 atom stereocenters. The van der Waals surface area contributed by atoms with E-state index < -0.39 is 22.0 Å². The van der Waals surface area contributed by atoms with Crippen molar-refractivity contribution in [1.29, 1.82) is 0 Å². The average molecular weight is 466 g/mol. The fourth-order valence-electron chi connectivity index (χ4n) is 4.04. The van der Waals surface area contributed by atoms with E-state index in [4.69, 9.17) is 0 Å². The van der Waals surface area contributed by atoms with Crippen LogP contribution in [0.15, 0.2) is 71.6 Å². The standard InChI is InChI=1S/C25H27N3O4S/c1-18(26-24(29)16-20-10-6-9-19-8-2-3-13-23(19)20)25(30)27-21-11-7-12-22(17-21)33(31,32)28-14-4-5-15-28/h2-3,6-13,17-18H,4-5,14-16H2,1H3,(H,26,29)(H,27,30)/t18-/m1/s1. The third kappa shape index (κ3) is 5.23. The highest BCUT2D eigenvalue weighted by Crippen LogP contribution is 2.23. The van der Waals surface area contributed by atoms with Gasteiger partial charge in [0.2, 0.25) is 21.8 Å². The third-order valence-electron chi connectivity index (χ3n) is 5.81. The molecule has 2 amide bonds. The fourth-order valence-corrected chi connectivity index (χ4v) is 5.60. The van der Waals surface area contributed by atoms with Crippen LogP contribution in [0.2, 0.25) is 0 Å². The van der Waals surface area contributed by atoms with Crippen LogP contribution < -0.4 is 10.6 Å². The Labute approximate surface area is 193 Å². The Bertz CT molecular complexity index is 1280. The molecule has 1 aliphatic heterocycles. The van der Waals surface area contributed by atoms with Crippen LogP contribution in [0.5, 0.6) is 0 Å². The molecule has 0 spiro atoms. The second-order valence-corrected chi connectivity index (χ2v) is 10.2. The lowest BCUT2D eigenvalue weighted by molar-refractivity contribution is -0.125. The topological polar surface area (TPSA) is 95.6 Å². The Morgan fingerprint density at radius 2 is 1.67 bits per heavy atom. The molecule has 1 fully saturated rings. The van der Waals surface area contributed by atoms with Crippen molar-refractivity contribution in [3.8, 4) is 0 Å². The van der Waals surface area contributed by atoms with Crippen molar-refractivity contribution in [2.24, 2.45) is 0 Å². The van der Waals surface area contributed by atoms with Gasteiger partial charge in [-0.25, -0.2) is 8.42 Å². The van der Waals surface area contributed by atoms with Gasteiger partial charge in [0.25, 0.3) is 0 Å². The van der Waals surface area contributed by atoms with Crippen LogP contribution in [0.1, 0.15) is 25.3 Å². The average Bonchev–Trinajstić information content (AvgIpc) is 3.35. The molecule has 7 nitrogen and oxygen atoms in total. The fraction of sp³-hybridized carbons (Fsp3) is 0.280. The lowest BCUT2D eigenvalue weighted by atomic mass is 10.0. The van der Waals surface area contributed by atoms with E-state index in [1.807, 2.05) is 42.5 Å². The zero-order chi connectivity index (χ0) is 23.4. The van der Waals surface area contributed by atoms with E-state index in [1.165, 1.54) is 16.4 Å². The quantitative estimate of drug-likeness (QED) is 0.560. The van der Waals surface area contributed by atoms with E-state index in [0.717, 1.165) is 29.2 Å². The molecule has 3 aromatic rings. The van der Waals surface area contributed by atoms with Crippen molar-refractivity contribution in [2.75, 3.05) is 18.4 Å². The molecule has 33 heavy (non-hydrogen) atoms. The van der Waals surface area contributed by atoms with E-state index in [2.05, 4.69) is 10.6 Å². The van der Waals surface area contributed by atoms with Crippen molar-refractivity contribution >= 4 is 38.3 Å². The first-order valence-electron chi connectivity index (χ1n) is 11.0. The number of amides is 2. The summed E-state index contributed by atoms with van der Waals surface area (Å²) >= 11 is 0. The van der Waals surface area contributed by atoms with Crippen LogP contribution in [0.4, 0.5) is 5.69 Å². The normalized spacial score (nSPS) is 15.3. The number of hydrogen-bond acceptors (Lipinski definition) is 4. The molecule has 0 aromatic heterocycles. The van der Waals surface area contributed by atoms with Gasteiger partial charge in [-0.1, -0.05) is 48.5 Å². The maximum atomic E-state index is 12.8. The van der Waals surface area contributed by atoms with Gasteiger partial charge in [-0.05, 0) is 54.3 Å². The summed E-state index contributed by atoms with van der Waals surface area (Å²) in [7, 11) is -3.58. The smallest absolute Gasteiger partial charge is 0.246 e. The second-order valence-electron chi connectivity index (χ2n) is 8.23. The Balaban J connectivity index is 1.39. The van der Waals surface area contributed by atoms with E-state index in [0.29, 0.717) is 18.8 Å². The molecule has 0 aliphatic carbocycles. The van der Waals surface area contributed by atoms with Crippen molar-refractivity contribution < 1.29 is 18.0 Å². The Morgan fingerprint density at radius 3 is 2.45 bits per heavy atom. The molecule has 0 bridgehead atoms. The molecule has 1 heterocycles. The Morgan fingerprint density at radius 1 is 0.970 bits per heavy atom. The molecule has 3 aromatic carbocycles. The number of hydrogen-bond donors (Lipinski definition) is 2. The van der Waals surface area contributed by atoms with Crippen LogP contribution in [0.3, 0.4) is 0 Å². The summed E-state index contributed by atoms with van der Waals surface area (Å²) in [5, 5.41) is 7.49. The minimum atomic E-state index is -3.58. The van der Waals surface area contributed by atoms with Gasteiger partial charge in [-0.2, -0.15) is 4.31 Å². The minimum absolute atomic E-state index is 0.148. The molecule has 1 saturated heterocycles. The molecule has 1 aliphatic rings. The van der Waals surface area contributed by atoms with Crippen LogP contribution in [0.25, 0.3) is 10.8 Å². The third-order valence-corrected chi connectivity index (χ3v) is 7.70. The molecule has 8 heteroatoms. The zero-order valence-electron chi connectivity index (χ0n) is 18.5. The number of fused-ring (bicyclic) bond motifs is 1. The van der Waals surface area contributed by atoms with Gasteiger partial charge in [0, 0.05) is 18.8 Å². The first-order valence-corrected chi connectivity index (χ1v) is 12.5. The van der Waals surface area contributed by atoms with Crippen molar-refractivity contribution in [3.05, 3.63) is 72.3 Å². The van der Waals surface area contributed by atoms with Crippen LogP contribution in [-0.4, -0.2) is 43.7 Å². The monoisotopic (exact) mass is 465 g/mol. The predicted molar refractivity (Wildman–Crippen MR) is 128 cm³/mol. The number of nitrogens with one attached hydrogen (secondary N) is 2. The lowest BCUT2D eigenvalue weighted by Gasteiger charge is -2.17. The molecule has 2 N–H and O–H groups in total. The van der Waals surface area contributed by atoms with Gasteiger partial charge >= 0.3 is 0 Å².